The van der Waals surface area contributed by atoms with Gasteiger partial charge in [-0.05, 0) is 111 Å². The molecule has 0 N–H and O–H groups in total. The summed E-state index contributed by atoms with van der Waals surface area (Å²) >= 11 is 2.22. The van der Waals surface area contributed by atoms with E-state index in [1.807, 2.05) is 0 Å². The zero-order valence-electron chi connectivity index (χ0n) is 26.3. The molecule has 0 atom stereocenters. The number of rotatable bonds is 6. The van der Waals surface area contributed by atoms with Gasteiger partial charge in [-0.25, -0.2) is 0 Å². The second-order valence-corrected chi connectivity index (χ2v) is 20.8. The van der Waals surface area contributed by atoms with Crippen molar-refractivity contribution in [1.82, 2.24) is 0 Å². The topological polar surface area (TPSA) is 0 Å². The van der Waals surface area contributed by atoms with Gasteiger partial charge in [-0.1, -0.05) is 131 Å². The molecule has 0 aromatic carbocycles. The Morgan fingerprint density at radius 3 is 0.500 bits per heavy atom. The van der Waals surface area contributed by atoms with Crippen molar-refractivity contribution in [3.63, 3.8) is 0 Å². The Bertz CT molecular complexity index is 471. The molecule has 0 bridgehead atoms. The third-order valence-corrected chi connectivity index (χ3v) is 20.1. The van der Waals surface area contributed by atoms with Crippen LogP contribution in [-0.2, 0) is 18.2 Å². The van der Waals surface area contributed by atoms with Crippen molar-refractivity contribution in [2.24, 2.45) is 0 Å². The van der Waals surface area contributed by atoms with Gasteiger partial charge in [0, 0.05) is 0 Å². The van der Waals surface area contributed by atoms with E-state index in [1.54, 1.807) is 154 Å². The summed E-state index contributed by atoms with van der Waals surface area (Å²) in [6.07, 6.45) is 47.2. The minimum atomic E-state index is 0.385. The molecular weight excluding hydrogens is 636 g/mol. The van der Waals surface area contributed by atoms with E-state index >= 15 is 0 Å². The SMILES string of the molecule is C1CCC(P(C2CCCCC2)C2CCCCC2)CC1.C1CCC(P(C2CCCCC2)C2CCCCC2)CC1.[Cl][Pd]. The summed E-state index contributed by atoms with van der Waals surface area (Å²) in [6, 6.07) is 0. The molecule has 6 fully saturated rings. The molecule has 0 saturated heterocycles. The standard InChI is InChI=1S/2C18H33P.ClH.Pd/c2*1-4-10-16(11-5-1)19(17-12-6-2-7-13-17)18-14-8-3-9-15-18;;/h2*16-18H,1-15H2;1H;/q;;;+1/p-1. The quantitative estimate of drug-likeness (QED) is 0.191. The van der Waals surface area contributed by atoms with E-state index in [4.69, 9.17) is 0 Å². The fourth-order valence-electron chi connectivity index (χ4n) is 10.1. The first-order valence-electron chi connectivity index (χ1n) is 18.6. The van der Waals surface area contributed by atoms with Crippen LogP contribution in [0.3, 0.4) is 0 Å². The predicted octanol–water partition coefficient (Wildman–Crippen LogP) is 13.6. The molecule has 0 radical (unpaired) electrons. The monoisotopic (exact) mass is 701 g/mol. The maximum atomic E-state index is 4.49. The molecule has 0 spiro atoms. The van der Waals surface area contributed by atoms with Gasteiger partial charge >= 0.3 is 27.7 Å². The molecule has 0 aromatic heterocycles. The van der Waals surface area contributed by atoms with Crippen molar-refractivity contribution in [1.29, 1.82) is 0 Å². The van der Waals surface area contributed by atoms with E-state index in [0.717, 1.165) is 0 Å². The number of hydrogen-bond donors (Lipinski definition) is 0. The van der Waals surface area contributed by atoms with Gasteiger partial charge in [0.05, 0.1) is 0 Å². The van der Waals surface area contributed by atoms with Crippen LogP contribution in [0.4, 0.5) is 0 Å². The Balaban J connectivity index is 0.000000174. The fourth-order valence-corrected chi connectivity index (χ4v) is 19.4. The van der Waals surface area contributed by atoms with Crippen LogP contribution < -0.4 is 0 Å². The van der Waals surface area contributed by atoms with E-state index in [2.05, 4.69) is 27.7 Å². The van der Waals surface area contributed by atoms with Gasteiger partial charge in [0.15, 0.2) is 0 Å². The van der Waals surface area contributed by atoms with E-state index in [9.17, 15) is 0 Å². The van der Waals surface area contributed by atoms with Gasteiger partial charge in [0.25, 0.3) is 0 Å². The molecule has 0 heterocycles. The zero-order valence-corrected chi connectivity index (χ0v) is 30.4. The zero-order chi connectivity index (χ0) is 27.8. The first kappa shape index (κ1) is 34.7. The van der Waals surface area contributed by atoms with Crippen LogP contribution in [0, 0.1) is 0 Å². The summed E-state index contributed by atoms with van der Waals surface area (Å²) in [5.41, 5.74) is 7.14. The Kier molecular flexibility index (Phi) is 18.0. The van der Waals surface area contributed by atoms with Crippen LogP contribution in [0.25, 0.3) is 0 Å². The van der Waals surface area contributed by atoms with Gasteiger partial charge in [-0.3, -0.25) is 0 Å². The van der Waals surface area contributed by atoms with Gasteiger partial charge in [-0.15, -0.1) is 0 Å². The van der Waals surface area contributed by atoms with E-state index in [0.29, 0.717) is 15.8 Å². The van der Waals surface area contributed by atoms with Gasteiger partial charge in [-0.2, -0.15) is 0 Å². The van der Waals surface area contributed by atoms with Crippen LogP contribution in [-0.4, -0.2) is 34.0 Å². The van der Waals surface area contributed by atoms with Crippen LogP contribution >= 0.6 is 25.4 Å². The Hall–Kier alpha value is 1.81. The molecule has 0 aromatic rings. The Labute approximate surface area is 268 Å². The summed E-state index contributed by atoms with van der Waals surface area (Å²) in [5.74, 6) is 0. The molecule has 237 valence electrons. The predicted molar refractivity (Wildman–Crippen MR) is 181 cm³/mol. The van der Waals surface area contributed by atoms with Crippen LogP contribution in [0.1, 0.15) is 193 Å². The van der Waals surface area contributed by atoms with Crippen molar-refractivity contribution in [3.8, 4) is 0 Å². The van der Waals surface area contributed by atoms with E-state index in [-0.39, 0.29) is 0 Å². The molecule has 6 aliphatic carbocycles. The molecular formula is C36H66ClP2Pd. The van der Waals surface area contributed by atoms with Gasteiger partial charge in [0.1, 0.15) is 0 Å². The summed E-state index contributed by atoms with van der Waals surface area (Å²) in [5, 5.41) is 0. The van der Waals surface area contributed by atoms with Crippen molar-refractivity contribution in [3.05, 3.63) is 0 Å². The molecule has 0 amide bonds. The average molecular weight is 703 g/mol. The Morgan fingerprint density at radius 1 is 0.250 bits per heavy atom. The normalized spacial score (nSPS) is 27.6. The van der Waals surface area contributed by atoms with Crippen molar-refractivity contribution >= 4 is 25.4 Å². The van der Waals surface area contributed by atoms with Crippen LogP contribution in [0.15, 0.2) is 0 Å². The summed E-state index contributed by atoms with van der Waals surface area (Å²) in [7, 11) is 5.26. The second-order valence-electron chi connectivity index (χ2n) is 14.6. The summed E-state index contributed by atoms with van der Waals surface area (Å²) in [6.45, 7) is 0. The first-order valence-corrected chi connectivity index (χ1v) is 23.7. The van der Waals surface area contributed by atoms with Crippen LogP contribution in [0.5, 0.6) is 0 Å². The minimum absolute atomic E-state index is 0.385. The van der Waals surface area contributed by atoms with Crippen molar-refractivity contribution in [2.45, 2.75) is 227 Å². The molecule has 4 heteroatoms. The first-order chi connectivity index (χ1) is 19.9. The molecule has 6 rings (SSSR count). The van der Waals surface area contributed by atoms with E-state index < -0.39 is 0 Å². The fraction of sp³-hybridized carbons (Fsp3) is 1.00. The third-order valence-electron chi connectivity index (χ3n) is 12.0. The average Bonchev–Trinajstić information content (AvgIpc) is 3.06. The molecule has 6 aliphatic rings. The molecule has 0 aliphatic heterocycles. The van der Waals surface area contributed by atoms with Crippen molar-refractivity contribution in [2.75, 3.05) is 0 Å². The molecule has 0 unspecified atom stereocenters. The van der Waals surface area contributed by atoms with E-state index in [1.165, 1.54) is 72.5 Å². The van der Waals surface area contributed by atoms with Gasteiger partial charge < -0.3 is 0 Å². The second kappa shape index (κ2) is 20.8. The maximum absolute atomic E-state index is 4.49. The molecule has 0 nitrogen and oxygen atoms in total. The van der Waals surface area contributed by atoms with Crippen LogP contribution in [0.2, 0.25) is 0 Å². The van der Waals surface area contributed by atoms with Crippen molar-refractivity contribution < 1.29 is 18.2 Å². The summed E-state index contributed by atoms with van der Waals surface area (Å²) < 4.78 is 0. The molecule has 6 saturated carbocycles. The van der Waals surface area contributed by atoms with Gasteiger partial charge in [0.2, 0.25) is 0 Å². The Morgan fingerprint density at radius 2 is 0.375 bits per heavy atom. The number of halogens is 1. The third kappa shape index (κ3) is 11.0. The molecule has 40 heavy (non-hydrogen) atoms. The number of hydrogen-bond acceptors (Lipinski definition) is 0. The summed E-state index contributed by atoms with van der Waals surface area (Å²) in [4.78, 5) is 0.